The first kappa shape index (κ1) is 12.5. The fourth-order valence-electron chi connectivity index (χ4n) is 1.39. The largest absolute Gasteiger partial charge is 0.497 e. The number of nitrogens with zero attached hydrogens (tertiary/aromatic N) is 1. The van der Waals surface area contributed by atoms with Gasteiger partial charge >= 0.3 is 0 Å². The Bertz CT molecular complexity index is 317. The molecule has 0 heterocycles. The molecule has 0 aromatic heterocycles. The molecule has 4 heteroatoms. The minimum Gasteiger partial charge on any atom is -0.497 e. The predicted molar refractivity (Wildman–Crippen MR) is 66.1 cm³/mol. The molecule has 2 N–H and O–H groups in total. The van der Waals surface area contributed by atoms with Gasteiger partial charge in [0, 0.05) is 24.1 Å². The van der Waals surface area contributed by atoms with Gasteiger partial charge in [-0.25, -0.2) is 0 Å². The third-order valence-corrected chi connectivity index (χ3v) is 2.98. The summed E-state index contributed by atoms with van der Waals surface area (Å²) >= 11 is 3.53. The molecule has 0 bridgehead atoms. The highest BCUT2D eigenvalue weighted by atomic mass is 79.9. The summed E-state index contributed by atoms with van der Waals surface area (Å²) in [5.74, 6) is 0.884. The highest BCUT2D eigenvalue weighted by molar-refractivity contribution is 9.10. The molecule has 15 heavy (non-hydrogen) atoms. The van der Waals surface area contributed by atoms with Crippen molar-refractivity contribution in [2.75, 3.05) is 27.2 Å². The lowest BCUT2D eigenvalue weighted by Gasteiger charge is -2.16. The molecule has 1 aromatic rings. The van der Waals surface area contributed by atoms with E-state index in [9.17, 15) is 0 Å². The van der Waals surface area contributed by atoms with Crippen molar-refractivity contribution in [2.24, 2.45) is 5.73 Å². The van der Waals surface area contributed by atoms with Crippen LogP contribution in [0.15, 0.2) is 22.7 Å². The van der Waals surface area contributed by atoms with Gasteiger partial charge in [0.25, 0.3) is 0 Å². The second-order valence-corrected chi connectivity index (χ2v) is 4.34. The maximum atomic E-state index is 5.50. The van der Waals surface area contributed by atoms with Gasteiger partial charge < -0.3 is 15.4 Å². The number of rotatable bonds is 5. The minimum absolute atomic E-state index is 0.679. The van der Waals surface area contributed by atoms with Crippen molar-refractivity contribution in [3.05, 3.63) is 28.2 Å². The van der Waals surface area contributed by atoms with Gasteiger partial charge in [-0.2, -0.15) is 0 Å². The zero-order valence-electron chi connectivity index (χ0n) is 9.16. The third kappa shape index (κ3) is 3.81. The number of hydrogen-bond donors (Lipinski definition) is 1. The van der Waals surface area contributed by atoms with Crippen LogP contribution in [0.1, 0.15) is 5.56 Å². The molecule has 1 rings (SSSR count). The van der Waals surface area contributed by atoms with E-state index in [0.717, 1.165) is 23.3 Å². The Hall–Kier alpha value is -0.580. The molecule has 0 unspecified atom stereocenters. The van der Waals surface area contributed by atoms with Gasteiger partial charge in [0.2, 0.25) is 0 Å². The lowest BCUT2D eigenvalue weighted by Crippen LogP contribution is -2.25. The fraction of sp³-hybridized carbons (Fsp3) is 0.455. The Morgan fingerprint density at radius 2 is 2.20 bits per heavy atom. The molecule has 0 aliphatic heterocycles. The van der Waals surface area contributed by atoms with Crippen LogP contribution in [0, 0.1) is 0 Å². The number of nitrogens with two attached hydrogens (primary N) is 1. The van der Waals surface area contributed by atoms with E-state index in [4.69, 9.17) is 10.5 Å². The van der Waals surface area contributed by atoms with E-state index in [1.54, 1.807) is 7.11 Å². The molecule has 1 aromatic carbocycles. The smallest absolute Gasteiger partial charge is 0.119 e. The van der Waals surface area contributed by atoms with Crippen LogP contribution in [0.25, 0.3) is 0 Å². The second kappa shape index (κ2) is 6.10. The van der Waals surface area contributed by atoms with Crippen LogP contribution in [-0.4, -0.2) is 32.1 Å². The van der Waals surface area contributed by atoms with Gasteiger partial charge in [0.1, 0.15) is 5.75 Å². The van der Waals surface area contributed by atoms with E-state index >= 15 is 0 Å². The van der Waals surface area contributed by atoms with Crippen LogP contribution < -0.4 is 10.5 Å². The van der Waals surface area contributed by atoms with E-state index in [0.29, 0.717) is 6.54 Å². The molecule has 0 fully saturated rings. The molecule has 3 nitrogen and oxygen atoms in total. The van der Waals surface area contributed by atoms with Crippen molar-refractivity contribution in [2.45, 2.75) is 6.54 Å². The standard InChI is InChI=1S/C11H17BrN2O/c1-14(6-5-13)8-9-7-10(15-2)3-4-11(9)12/h3-4,7H,5-6,8,13H2,1-2H3. The molecule has 0 radical (unpaired) electrons. The van der Waals surface area contributed by atoms with Crippen molar-refractivity contribution in [3.8, 4) is 5.75 Å². The molecule has 0 aliphatic carbocycles. The van der Waals surface area contributed by atoms with Crippen LogP contribution in [-0.2, 0) is 6.54 Å². The number of benzene rings is 1. The zero-order chi connectivity index (χ0) is 11.3. The van der Waals surface area contributed by atoms with Crippen LogP contribution in [0.3, 0.4) is 0 Å². The van der Waals surface area contributed by atoms with Crippen molar-refractivity contribution >= 4 is 15.9 Å². The quantitative estimate of drug-likeness (QED) is 0.889. The van der Waals surface area contributed by atoms with E-state index in [-0.39, 0.29) is 0 Å². The Labute approximate surface area is 99.3 Å². The van der Waals surface area contributed by atoms with Gasteiger partial charge in [0.15, 0.2) is 0 Å². The topological polar surface area (TPSA) is 38.5 Å². The fourth-order valence-corrected chi connectivity index (χ4v) is 1.76. The first-order valence-electron chi connectivity index (χ1n) is 4.88. The SMILES string of the molecule is COc1ccc(Br)c(CN(C)CCN)c1. The highest BCUT2D eigenvalue weighted by Crippen LogP contribution is 2.23. The number of methoxy groups -OCH3 is 1. The Balaban J connectivity index is 2.74. The average molecular weight is 273 g/mol. The summed E-state index contributed by atoms with van der Waals surface area (Å²) < 4.78 is 6.29. The minimum atomic E-state index is 0.679. The highest BCUT2D eigenvalue weighted by Gasteiger charge is 2.05. The summed E-state index contributed by atoms with van der Waals surface area (Å²) in [7, 11) is 3.73. The van der Waals surface area contributed by atoms with Crippen molar-refractivity contribution in [1.29, 1.82) is 0 Å². The van der Waals surface area contributed by atoms with Crippen molar-refractivity contribution < 1.29 is 4.74 Å². The average Bonchev–Trinajstić information content (AvgIpc) is 2.21. The van der Waals surface area contributed by atoms with E-state index in [1.807, 2.05) is 18.2 Å². The Morgan fingerprint density at radius 1 is 1.47 bits per heavy atom. The van der Waals surface area contributed by atoms with E-state index in [2.05, 4.69) is 27.9 Å². The molecule has 0 aliphatic rings. The zero-order valence-corrected chi connectivity index (χ0v) is 10.8. The molecule has 0 saturated heterocycles. The van der Waals surface area contributed by atoms with Crippen LogP contribution in [0.5, 0.6) is 5.75 Å². The molecule has 84 valence electrons. The maximum absolute atomic E-state index is 5.50. The lowest BCUT2D eigenvalue weighted by atomic mass is 10.2. The summed E-state index contributed by atoms with van der Waals surface area (Å²) in [4.78, 5) is 2.18. The van der Waals surface area contributed by atoms with Gasteiger partial charge in [-0.1, -0.05) is 15.9 Å². The normalized spacial score (nSPS) is 10.7. The molecule has 0 saturated carbocycles. The summed E-state index contributed by atoms with van der Waals surface area (Å²) in [6.45, 7) is 2.44. The number of likely N-dealkylation sites (N-methyl/N-ethyl adjacent to an activating group) is 1. The number of hydrogen-bond acceptors (Lipinski definition) is 3. The first-order chi connectivity index (χ1) is 7.17. The number of ether oxygens (including phenoxy) is 1. The lowest BCUT2D eigenvalue weighted by molar-refractivity contribution is 0.334. The van der Waals surface area contributed by atoms with Crippen LogP contribution in [0.2, 0.25) is 0 Å². The summed E-state index contributed by atoms with van der Waals surface area (Å²) in [6.07, 6.45) is 0. The number of halogens is 1. The summed E-state index contributed by atoms with van der Waals surface area (Å²) in [6, 6.07) is 5.98. The Kier molecular flexibility index (Phi) is 5.08. The Morgan fingerprint density at radius 3 is 2.80 bits per heavy atom. The van der Waals surface area contributed by atoms with Gasteiger partial charge in [-0.3, -0.25) is 0 Å². The first-order valence-corrected chi connectivity index (χ1v) is 5.67. The summed E-state index contributed by atoms with van der Waals surface area (Å²) in [5.41, 5.74) is 6.71. The van der Waals surface area contributed by atoms with Gasteiger partial charge in [-0.15, -0.1) is 0 Å². The van der Waals surface area contributed by atoms with Crippen molar-refractivity contribution in [1.82, 2.24) is 4.90 Å². The predicted octanol–water partition coefficient (Wildman–Crippen LogP) is 1.85. The van der Waals surface area contributed by atoms with Gasteiger partial charge in [0.05, 0.1) is 7.11 Å². The summed E-state index contributed by atoms with van der Waals surface area (Å²) in [5, 5.41) is 0. The molecular weight excluding hydrogens is 256 g/mol. The molecule has 0 amide bonds. The van der Waals surface area contributed by atoms with Crippen molar-refractivity contribution in [3.63, 3.8) is 0 Å². The third-order valence-electron chi connectivity index (χ3n) is 2.20. The molecule has 0 spiro atoms. The maximum Gasteiger partial charge on any atom is 0.119 e. The van der Waals surface area contributed by atoms with E-state index in [1.165, 1.54) is 5.56 Å². The monoisotopic (exact) mass is 272 g/mol. The van der Waals surface area contributed by atoms with Crippen LogP contribution >= 0.6 is 15.9 Å². The molecule has 0 atom stereocenters. The van der Waals surface area contributed by atoms with Crippen LogP contribution in [0.4, 0.5) is 0 Å². The second-order valence-electron chi connectivity index (χ2n) is 3.48. The van der Waals surface area contributed by atoms with E-state index < -0.39 is 0 Å². The molecular formula is C11H17BrN2O. The van der Waals surface area contributed by atoms with Gasteiger partial charge in [-0.05, 0) is 30.8 Å².